The quantitative estimate of drug-likeness (QED) is 0.264. The Morgan fingerprint density at radius 3 is 2.24 bits per heavy atom. The van der Waals surface area contributed by atoms with Gasteiger partial charge in [0.05, 0.1) is 39.5 Å². The molecular weight excluding hydrogens is 593 g/mol. The van der Waals surface area contributed by atoms with Crippen molar-refractivity contribution in [2.75, 3.05) is 37.8 Å². The summed E-state index contributed by atoms with van der Waals surface area (Å²) in [6, 6.07) is 22.8. The normalized spacial score (nSPS) is 14.7. The summed E-state index contributed by atoms with van der Waals surface area (Å²) in [5.41, 5.74) is 5.04. The van der Waals surface area contributed by atoms with Crippen LogP contribution in [0.25, 0.3) is 11.1 Å². The molecule has 0 radical (unpaired) electrons. The van der Waals surface area contributed by atoms with Crippen LogP contribution in [0.2, 0.25) is 0 Å². The van der Waals surface area contributed by atoms with Crippen molar-refractivity contribution in [3.63, 3.8) is 0 Å². The largest absolute Gasteiger partial charge is 1.00 e. The van der Waals surface area contributed by atoms with Gasteiger partial charge in [-0.05, 0) is 47.4 Å². The number of nitrogens with zero attached hydrogens (tertiary/aromatic N) is 1. The van der Waals surface area contributed by atoms with Crippen LogP contribution in [-0.4, -0.2) is 54.9 Å². The first-order valence-corrected chi connectivity index (χ1v) is 12.8. The molecule has 202 valence electrons. The number of aliphatic hydroxyl groups is 1. The van der Waals surface area contributed by atoms with E-state index >= 15 is 0 Å². The standard InChI is InChI=1S/C30H35N3O4.HI/c1-33(2)18-16-26(17-19-33)37-30(36)32-28-14-10-22(20-27(28)24-6-4-3-5-7-24)11-15-29(35)31-25-12-8-23(21-34)9-13-25;/h3-10,12-14,20,26,34H,11,15-19,21H2,1-2H3,(H-,31,32,35,36);1H. The number of halogens is 1. The maximum atomic E-state index is 12.7. The monoisotopic (exact) mass is 629 g/mol. The second kappa shape index (κ2) is 13.7. The summed E-state index contributed by atoms with van der Waals surface area (Å²) in [5, 5.41) is 15.0. The number of quaternary nitrogens is 1. The highest BCUT2D eigenvalue weighted by molar-refractivity contribution is 5.92. The zero-order valence-electron chi connectivity index (χ0n) is 22.0. The van der Waals surface area contributed by atoms with Crippen LogP contribution >= 0.6 is 0 Å². The van der Waals surface area contributed by atoms with E-state index in [4.69, 9.17) is 9.84 Å². The number of aliphatic hydroxyl groups excluding tert-OH is 1. The van der Waals surface area contributed by atoms with Crippen molar-refractivity contribution in [3.05, 3.63) is 83.9 Å². The van der Waals surface area contributed by atoms with E-state index in [1.54, 1.807) is 24.3 Å². The molecule has 0 atom stereocenters. The molecule has 2 amide bonds. The zero-order chi connectivity index (χ0) is 26.3. The Morgan fingerprint density at radius 2 is 1.58 bits per heavy atom. The molecule has 1 saturated heterocycles. The van der Waals surface area contributed by atoms with E-state index in [0.29, 0.717) is 24.2 Å². The highest BCUT2D eigenvalue weighted by Crippen LogP contribution is 2.30. The fourth-order valence-corrected chi connectivity index (χ4v) is 4.54. The van der Waals surface area contributed by atoms with Gasteiger partial charge in [0.25, 0.3) is 0 Å². The Labute approximate surface area is 241 Å². The fraction of sp³-hybridized carbons (Fsp3) is 0.333. The minimum Gasteiger partial charge on any atom is -1.00 e. The molecule has 8 heteroatoms. The molecule has 1 aliphatic heterocycles. The van der Waals surface area contributed by atoms with Crippen LogP contribution in [0.1, 0.15) is 30.4 Å². The molecule has 1 heterocycles. The number of nitrogens with one attached hydrogen (secondary N) is 2. The Balaban J connectivity index is 0.00000400. The van der Waals surface area contributed by atoms with Crippen LogP contribution in [0.15, 0.2) is 72.8 Å². The molecule has 1 aliphatic rings. The highest BCUT2D eigenvalue weighted by Gasteiger charge is 2.28. The summed E-state index contributed by atoms with van der Waals surface area (Å²) < 4.78 is 6.69. The molecule has 0 spiro atoms. The topological polar surface area (TPSA) is 87.7 Å². The van der Waals surface area contributed by atoms with Gasteiger partial charge in [0, 0.05) is 30.5 Å². The van der Waals surface area contributed by atoms with Crippen molar-refractivity contribution in [2.45, 2.75) is 38.4 Å². The van der Waals surface area contributed by atoms with Gasteiger partial charge in [-0.3, -0.25) is 10.1 Å². The molecule has 0 aromatic heterocycles. The zero-order valence-corrected chi connectivity index (χ0v) is 24.1. The molecule has 3 aromatic carbocycles. The van der Waals surface area contributed by atoms with E-state index < -0.39 is 6.09 Å². The Kier molecular flexibility index (Phi) is 10.7. The number of amides is 2. The highest BCUT2D eigenvalue weighted by atomic mass is 127. The van der Waals surface area contributed by atoms with Gasteiger partial charge in [-0.15, -0.1) is 0 Å². The maximum absolute atomic E-state index is 12.7. The van der Waals surface area contributed by atoms with E-state index in [9.17, 15) is 9.59 Å². The van der Waals surface area contributed by atoms with Crippen LogP contribution in [0.4, 0.5) is 16.2 Å². The third-order valence-corrected chi connectivity index (χ3v) is 6.85. The lowest BCUT2D eigenvalue weighted by molar-refractivity contribution is -0.896. The first-order chi connectivity index (χ1) is 17.8. The summed E-state index contributed by atoms with van der Waals surface area (Å²) in [7, 11) is 4.39. The number of likely N-dealkylation sites (tertiary alicyclic amines) is 1. The van der Waals surface area contributed by atoms with Gasteiger partial charge in [0.2, 0.25) is 5.91 Å². The van der Waals surface area contributed by atoms with Gasteiger partial charge >= 0.3 is 6.09 Å². The molecule has 4 rings (SSSR count). The van der Waals surface area contributed by atoms with E-state index in [0.717, 1.165) is 52.7 Å². The minimum absolute atomic E-state index is 0. The van der Waals surface area contributed by atoms with Crippen molar-refractivity contribution in [2.24, 2.45) is 0 Å². The number of aryl methyl sites for hydroxylation is 1. The van der Waals surface area contributed by atoms with E-state index in [2.05, 4.69) is 24.7 Å². The molecular formula is C30H36IN3O4. The van der Waals surface area contributed by atoms with Crippen molar-refractivity contribution in [1.29, 1.82) is 0 Å². The molecule has 1 fully saturated rings. The summed E-state index contributed by atoms with van der Waals surface area (Å²) >= 11 is 0. The van der Waals surface area contributed by atoms with Crippen molar-refractivity contribution in [1.82, 2.24) is 0 Å². The number of anilines is 2. The SMILES string of the molecule is C[N+]1(C)CCC(OC(=O)Nc2ccc(CCC(=O)Nc3ccc(CO)cc3)cc2-c2ccccc2)CC1.[I-]. The number of carbonyl (C=O) groups is 2. The van der Waals surface area contributed by atoms with Crippen molar-refractivity contribution < 1.29 is 47.9 Å². The average molecular weight is 630 g/mol. The third kappa shape index (κ3) is 8.54. The second-order valence-electron chi connectivity index (χ2n) is 10.3. The lowest BCUT2D eigenvalue weighted by Gasteiger charge is -2.36. The first-order valence-electron chi connectivity index (χ1n) is 12.8. The Bertz CT molecular complexity index is 1210. The van der Waals surface area contributed by atoms with Gasteiger partial charge in [0.15, 0.2) is 0 Å². The Morgan fingerprint density at radius 1 is 0.921 bits per heavy atom. The molecule has 7 nitrogen and oxygen atoms in total. The lowest BCUT2D eigenvalue weighted by Crippen LogP contribution is -3.00. The van der Waals surface area contributed by atoms with Gasteiger partial charge < -0.3 is 43.6 Å². The summed E-state index contributed by atoms with van der Waals surface area (Å²) in [6.07, 6.45) is 2.09. The number of ether oxygens (including phenoxy) is 1. The van der Waals surface area contributed by atoms with Gasteiger partial charge in [-0.1, -0.05) is 48.5 Å². The third-order valence-electron chi connectivity index (χ3n) is 6.85. The molecule has 3 N–H and O–H groups in total. The number of hydrogen-bond donors (Lipinski definition) is 3. The number of rotatable bonds is 8. The van der Waals surface area contributed by atoms with Crippen LogP contribution in [-0.2, 0) is 22.6 Å². The van der Waals surface area contributed by atoms with E-state index in [-0.39, 0.29) is 42.6 Å². The Hall–Kier alpha value is -2.95. The average Bonchev–Trinajstić information content (AvgIpc) is 2.90. The lowest BCUT2D eigenvalue weighted by atomic mass is 9.99. The predicted octanol–water partition coefficient (Wildman–Crippen LogP) is 2.21. The second-order valence-corrected chi connectivity index (χ2v) is 10.3. The number of benzene rings is 3. The summed E-state index contributed by atoms with van der Waals surface area (Å²) in [4.78, 5) is 25.2. The summed E-state index contributed by atoms with van der Waals surface area (Å²) in [5.74, 6) is -0.0851. The van der Waals surface area contributed by atoms with Crippen LogP contribution in [0.5, 0.6) is 0 Å². The summed E-state index contributed by atoms with van der Waals surface area (Å²) in [6.45, 7) is 1.95. The molecule has 0 aliphatic carbocycles. The predicted molar refractivity (Wildman–Crippen MR) is 146 cm³/mol. The van der Waals surface area contributed by atoms with Crippen LogP contribution in [0.3, 0.4) is 0 Å². The van der Waals surface area contributed by atoms with Crippen molar-refractivity contribution >= 4 is 23.4 Å². The van der Waals surface area contributed by atoms with E-state index in [1.165, 1.54) is 0 Å². The van der Waals surface area contributed by atoms with E-state index in [1.807, 2.05) is 48.5 Å². The number of hydrogen-bond acceptors (Lipinski definition) is 4. The fourth-order valence-electron chi connectivity index (χ4n) is 4.54. The van der Waals surface area contributed by atoms with Gasteiger partial charge in [-0.2, -0.15) is 0 Å². The molecule has 0 bridgehead atoms. The minimum atomic E-state index is -0.436. The molecule has 3 aromatic rings. The van der Waals surface area contributed by atoms with Gasteiger partial charge in [-0.25, -0.2) is 4.79 Å². The maximum Gasteiger partial charge on any atom is 0.411 e. The first kappa shape index (κ1) is 29.6. The molecule has 38 heavy (non-hydrogen) atoms. The molecule has 0 saturated carbocycles. The van der Waals surface area contributed by atoms with Gasteiger partial charge in [0.1, 0.15) is 6.10 Å². The van der Waals surface area contributed by atoms with Crippen LogP contribution < -0.4 is 34.6 Å². The smallest absolute Gasteiger partial charge is 0.411 e. The molecule has 0 unspecified atom stereocenters. The number of piperidine rings is 1. The van der Waals surface area contributed by atoms with Crippen LogP contribution in [0, 0.1) is 0 Å². The number of carbonyl (C=O) groups excluding carboxylic acids is 2. The van der Waals surface area contributed by atoms with Crippen molar-refractivity contribution in [3.8, 4) is 11.1 Å².